The van der Waals surface area contributed by atoms with Gasteiger partial charge >= 0.3 is 0 Å². The number of rotatable bonds is 9. The normalized spacial score (nSPS) is 12.8. The van der Waals surface area contributed by atoms with Crippen molar-refractivity contribution in [3.05, 3.63) is 81.5 Å². The molecule has 2 aromatic carbocycles. The summed E-state index contributed by atoms with van der Waals surface area (Å²) >= 11 is 0. The highest BCUT2D eigenvalue weighted by Gasteiger charge is 2.22. The minimum absolute atomic E-state index is 0.0304. The molecular formula is C23H26FN5O6S2. The molecule has 11 nitrogen and oxygen atoms in total. The van der Waals surface area contributed by atoms with E-state index in [0.29, 0.717) is 11.1 Å². The monoisotopic (exact) mass is 551 g/mol. The molecule has 1 heterocycles. The SMILES string of the molecule is Cc1ccc(NC(=O)C(C)n2ncc(F)c(C)c2=O)cc1S(=O)(=O)NCCc1ccc(S(N)(=O)=O)cc1. The zero-order chi connectivity index (χ0) is 27.5. The lowest BCUT2D eigenvalue weighted by atomic mass is 10.2. The maximum absolute atomic E-state index is 13.5. The van der Waals surface area contributed by atoms with Gasteiger partial charge in [0.05, 0.1) is 21.6 Å². The van der Waals surface area contributed by atoms with Crippen LogP contribution in [-0.4, -0.2) is 39.1 Å². The summed E-state index contributed by atoms with van der Waals surface area (Å²) in [5, 5.41) is 11.3. The van der Waals surface area contributed by atoms with Gasteiger partial charge in [0, 0.05) is 12.2 Å². The summed E-state index contributed by atoms with van der Waals surface area (Å²) in [4.78, 5) is 24.8. The van der Waals surface area contributed by atoms with Gasteiger partial charge < -0.3 is 5.32 Å². The Balaban J connectivity index is 1.71. The molecule has 1 unspecified atom stereocenters. The van der Waals surface area contributed by atoms with Crippen molar-refractivity contribution in [2.24, 2.45) is 5.14 Å². The van der Waals surface area contributed by atoms with E-state index in [9.17, 15) is 30.8 Å². The fourth-order valence-electron chi connectivity index (χ4n) is 3.39. The van der Waals surface area contributed by atoms with Gasteiger partial charge in [-0.1, -0.05) is 18.2 Å². The van der Waals surface area contributed by atoms with Crippen LogP contribution in [0.4, 0.5) is 10.1 Å². The van der Waals surface area contributed by atoms with Gasteiger partial charge in [0.15, 0.2) is 5.82 Å². The fraction of sp³-hybridized carbons (Fsp3) is 0.261. The third-order valence-corrected chi connectivity index (χ3v) is 8.16. The Morgan fingerprint density at radius 1 is 1.11 bits per heavy atom. The lowest BCUT2D eigenvalue weighted by Crippen LogP contribution is -2.35. The van der Waals surface area contributed by atoms with Crippen molar-refractivity contribution in [2.75, 3.05) is 11.9 Å². The molecule has 1 amide bonds. The maximum atomic E-state index is 13.5. The van der Waals surface area contributed by atoms with Crippen LogP contribution in [-0.2, 0) is 31.3 Å². The van der Waals surface area contributed by atoms with Crippen molar-refractivity contribution in [3.63, 3.8) is 0 Å². The van der Waals surface area contributed by atoms with Gasteiger partial charge in [0.1, 0.15) is 6.04 Å². The highest BCUT2D eigenvalue weighted by atomic mass is 32.2. The van der Waals surface area contributed by atoms with Gasteiger partial charge in [-0.05, 0) is 62.6 Å². The third-order valence-electron chi connectivity index (χ3n) is 5.63. The maximum Gasteiger partial charge on any atom is 0.273 e. The average Bonchev–Trinajstić information content (AvgIpc) is 2.83. The highest BCUT2D eigenvalue weighted by Crippen LogP contribution is 2.21. The molecule has 0 saturated heterocycles. The van der Waals surface area contributed by atoms with Gasteiger partial charge in [0.25, 0.3) is 5.56 Å². The van der Waals surface area contributed by atoms with E-state index in [1.165, 1.54) is 44.2 Å². The molecule has 0 aliphatic heterocycles. The Kier molecular flexibility index (Phi) is 8.27. The van der Waals surface area contributed by atoms with Gasteiger partial charge in [-0.2, -0.15) is 5.10 Å². The Morgan fingerprint density at radius 2 is 1.76 bits per heavy atom. The summed E-state index contributed by atoms with van der Waals surface area (Å²) < 4.78 is 65.4. The quantitative estimate of drug-likeness (QED) is 0.360. The molecule has 0 aliphatic rings. The zero-order valence-electron chi connectivity index (χ0n) is 20.2. The summed E-state index contributed by atoms with van der Waals surface area (Å²) in [5.74, 6) is -1.43. The van der Waals surface area contributed by atoms with E-state index in [0.717, 1.165) is 10.9 Å². The first-order valence-corrected chi connectivity index (χ1v) is 14.0. The number of sulfonamides is 2. The number of hydrogen-bond acceptors (Lipinski definition) is 7. The number of nitrogens with zero attached hydrogens (tertiary/aromatic N) is 2. The molecule has 0 aliphatic carbocycles. The first kappa shape index (κ1) is 28.1. The van der Waals surface area contributed by atoms with Gasteiger partial charge in [-0.15, -0.1) is 0 Å². The van der Waals surface area contributed by atoms with Crippen LogP contribution in [0.2, 0.25) is 0 Å². The van der Waals surface area contributed by atoms with Gasteiger partial charge in [-0.3, -0.25) is 9.59 Å². The van der Waals surface area contributed by atoms with E-state index in [1.54, 1.807) is 19.1 Å². The molecule has 1 atom stereocenters. The minimum Gasteiger partial charge on any atom is -0.324 e. The molecule has 0 bridgehead atoms. The van der Waals surface area contributed by atoms with Crippen molar-refractivity contribution in [1.29, 1.82) is 0 Å². The third kappa shape index (κ3) is 6.65. The summed E-state index contributed by atoms with van der Waals surface area (Å²) in [7, 11) is -7.79. The van der Waals surface area contributed by atoms with Crippen LogP contribution >= 0.6 is 0 Å². The van der Waals surface area contributed by atoms with Crippen LogP contribution < -0.4 is 20.7 Å². The van der Waals surface area contributed by atoms with E-state index in [2.05, 4.69) is 15.1 Å². The second-order valence-corrected chi connectivity index (χ2v) is 11.6. The topological polar surface area (TPSA) is 170 Å². The first-order chi connectivity index (χ1) is 17.2. The molecular weight excluding hydrogens is 525 g/mol. The number of halogens is 1. The lowest BCUT2D eigenvalue weighted by Gasteiger charge is -2.16. The Bertz CT molecular complexity index is 1600. The second-order valence-electron chi connectivity index (χ2n) is 8.35. The minimum atomic E-state index is -3.97. The van der Waals surface area contributed by atoms with E-state index in [4.69, 9.17) is 5.14 Å². The summed E-state index contributed by atoms with van der Waals surface area (Å²) in [6.45, 7) is 4.32. The molecule has 3 aromatic rings. The average molecular weight is 552 g/mol. The van der Waals surface area contributed by atoms with Crippen molar-refractivity contribution in [3.8, 4) is 0 Å². The molecule has 0 spiro atoms. The van der Waals surface area contributed by atoms with Crippen LogP contribution in [0.15, 0.2) is 63.2 Å². The number of carbonyl (C=O) groups is 1. The predicted octanol–water partition coefficient (Wildman–Crippen LogP) is 1.37. The smallest absolute Gasteiger partial charge is 0.273 e. The molecule has 14 heteroatoms. The van der Waals surface area contributed by atoms with Gasteiger partial charge in [0.2, 0.25) is 26.0 Å². The highest BCUT2D eigenvalue weighted by molar-refractivity contribution is 7.89. The molecule has 0 fully saturated rings. The van der Waals surface area contributed by atoms with Crippen LogP contribution in [0.25, 0.3) is 0 Å². The number of hydrogen-bond donors (Lipinski definition) is 3. The fourth-order valence-corrected chi connectivity index (χ4v) is 5.21. The van der Waals surface area contributed by atoms with Crippen molar-refractivity contribution in [1.82, 2.24) is 14.5 Å². The largest absolute Gasteiger partial charge is 0.324 e. The van der Waals surface area contributed by atoms with E-state index < -0.39 is 43.4 Å². The predicted molar refractivity (Wildman–Crippen MR) is 134 cm³/mol. The van der Waals surface area contributed by atoms with E-state index >= 15 is 0 Å². The molecule has 0 saturated carbocycles. The molecule has 198 valence electrons. The number of nitrogens with two attached hydrogens (primary N) is 1. The molecule has 4 N–H and O–H groups in total. The first-order valence-electron chi connectivity index (χ1n) is 11.0. The van der Waals surface area contributed by atoms with Crippen LogP contribution in [0.5, 0.6) is 0 Å². The van der Waals surface area contributed by atoms with Crippen LogP contribution in [0, 0.1) is 19.7 Å². The van der Waals surface area contributed by atoms with Crippen molar-refractivity contribution < 1.29 is 26.0 Å². The Labute approximate surface area is 213 Å². The van der Waals surface area contributed by atoms with Gasteiger partial charge in [-0.25, -0.2) is 35.8 Å². The van der Waals surface area contributed by atoms with E-state index in [1.807, 2.05) is 0 Å². The number of aromatic nitrogens is 2. The van der Waals surface area contributed by atoms with E-state index in [-0.39, 0.29) is 34.0 Å². The Hall–Kier alpha value is -3.46. The Morgan fingerprint density at radius 3 is 2.38 bits per heavy atom. The number of nitrogens with one attached hydrogen (secondary N) is 2. The molecule has 37 heavy (non-hydrogen) atoms. The number of carbonyl (C=O) groups excluding carboxylic acids is 1. The number of anilines is 1. The number of primary sulfonamides is 1. The number of aryl methyl sites for hydroxylation is 1. The second kappa shape index (κ2) is 10.9. The standard InChI is InChI=1S/C23H26FN5O6S2/c1-14-4-7-18(28-22(30)16(3)29-23(31)15(2)20(24)13-26-29)12-21(14)37(34,35)27-11-10-17-5-8-19(9-6-17)36(25,32)33/h4-9,12-13,16,27H,10-11H2,1-3H3,(H,28,30)(H2,25,32,33). The van der Waals surface area contributed by atoms with Crippen LogP contribution in [0.1, 0.15) is 29.7 Å². The number of amides is 1. The molecule has 3 rings (SSSR count). The molecule has 1 aromatic heterocycles. The van der Waals surface area contributed by atoms with Crippen LogP contribution in [0.3, 0.4) is 0 Å². The van der Waals surface area contributed by atoms with Crippen molar-refractivity contribution >= 4 is 31.6 Å². The molecule has 0 radical (unpaired) electrons. The summed E-state index contributed by atoms with van der Waals surface area (Å²) in [5.41, 5.74) is 0.376. The summed E-state index contributed by atoms with van der Waals surface area (Å²) in [6.07, 6.45) is 1.13. The van der Waals surface area contributed by atoms with Crippen molar-refractivity contribution in [2.45, 2.75) is 43.0 Å². The lowest BCUT2D eigenvalue weighted by molar-refractivity contribution is -0.119. The summed E-state index contributed by atoms with van der Waals surface area (Å²) in [6, 6.07) is 8.99. The number of benzene rings is 2. The zero-order valence-corrected chi connectivity index (χ0v) is 21.9.